The first kappa shape index (κ1) is 9.99. The zero-order chi connectivity index (χ0) is 9.97. The van der Waals surface area contributed by atoms with Crippen LogP contribution in [0.25, 0.3) is 0 Å². The highest BCUT2D eigenvalue weighted by Gasteiger charge is 2.15. The van der Waals surface area contributed by atoms with Crippen molar-refractivity contribution in [2.75, 3.05) is 13.1 Å². The van der Waals surface area contributed by atoms with Crippen LogP contribution in [0.3, 0.4) is 0 Å². The molecule has 14 heavy (non-hydrogen) atoms. The number of piperidine rings is 1. The molecular weight excluding hydrogens is 198 g/mol. The Bertz CT molecular complexity index is 283. The van der Waals surface area contributed by atoms with Crippen molar-refractivity contribution in [3.63, 3.8) is 0 Å². The van der Waals surface area contributed by atoms with E-state index >= 15 is 0 Å². The third-order valence-corrected chi connectivity index (χ3v) is 3.18. The number of halogens is 1. The molecule has 1 aromatic heterocycles. The number of hydrogen-bond donors (Lipinski definition) is 1. The van der Waals surface area contributed by atoms with Crippen LogP contribution in [0.2, 0.25) is 5.15 Å². The lowest BCUT2D eigenvalue weighted by Gasteiger charge is -2.21. The van der Waals surface area contributed by atoms with Gasteiger partial charge in [0.15, 0.2) is 0 Å². The zero-order valence-electron chi connectivity index (χ0n) is 8.46. The first-order valence-electron chi connectivity index (χ1n) is 5.15. The Morgan fingerprint density at radius 2 is 2.29 bits per heavy atom. The average molecular weight is 214 g/mol. The Morgan fingerprint density at radius 1 is 1.57 bits per heavy atom. The molecule has 0 aromatic carbocycles. The van der Waals surface area contributed by atoms with Gasteiger partial charge in [-0.25, -0.2) is 0 Å². The molecule has 1 aliphatic rings. The molecule has 1 saturated heterocycles. The Balaban J connectivity index is 1.95. The van der Waals surface area contributed by atoms with E-state index in [1.165, 1.54) is 12.8 Å². The maximum absolute atomic E-state index is 5.94. The lowest BCUT2D eigenvalue weighted by Crippen LogP contribution is -2.28. The van der Waals surface area contributed by atoms with Crippen LogP contribution >= 0.6 is 11.6 Å². The first-order valence-corrected chi connectivity index (χ1v) is 5.52. The minimum absolute atomic E-state index is 0.730. The smallest absolute Gasteiger partial charge is 0.126 e. The summed E-state index contributed by atoms with van der Waals surface area (Å²) in [4.78, 5) is 0. The normalized spacial score (nSPS) is 18.7. The minimum Gasteiger partial charge on any atom is -0.317 e. The maximum atomic E-state index is 5.94. The van der Waals surface area contributed by atoms with Crippen LogP contribution in [0.5, 0.6) is 0 Å². The van der Waals surface area contributed by atoms with Crippen molar-refractivity contribution in [3.05, 3.63) is 16.9 Å². The fraction of sp³-hybridized carbons (Fsp3) is 0.700. The van der Waals surface area contributed by atoms with Crippen LogP contribution in [0, 0.1) is 5.92 Å². The molecule has 4 heteroatoms. The van der Waals surface area contributed by atoms with Crippen LogP contribution in [0.4, 0.5) is 0 Å². The highest BCUT2D eigenvalue weighted by atomic mass is 35.5. The monoisotopic (exact) mass is 213 g/mol. The molecule has 0 spiro atoms. The highest BCUT2D eigenvalue weighted by Crippen LogP contribution is 2.19. The van der Waals surface area contributed by atoms with Gasteiger partial charge in [0.1, 0.15) is 5.15 Å². The van der Waals surface area contributed by atoms with Crippen LogP contribution in [0.1, 0.15) is 18.5 Å². The standard InChI is InChI=1S/C10H16ClN3/c1-14-10(11)7-9(13-14)6-8-2-4-12-5-3-8/h7-8,12H,2-6H2,1H3. The Labute approximate surface area is 89.4 Å². The molecule has 2 rings (SSSR count). The molecule has 0 atom stereocenters. The van der Waals surface area contributed by atoms with Crippen molar-refractivity contribution in [3.8, 4) is 0 Å². The van der Waals surface area contributed by atoms with Gasteiger partial charge in [-0.2, -0.15) is 5.10 Å². The van der Waals surface area contributed by atoms with Crippen LogP contribution in [-0.4, -0.2) is 22.9 Å². The molecule has 0 unspecified atom stereocenters. The molecule has 0 amide bonds. The van der Waals surface area contributed by atoms with E-state index in [1.807, 2.05) is 13.1 Å². The summed E-state index contributed by atoms with van der Waals surface area (Å²) in [5.41, 5.74) is 1.13. The Kier molecular flexibility index (Phi) is 3.08. The van der Waals surface area contributed by atoms with Crippen LogP contribution in [-0.2, 0) is 13.5 Å². The van der Waals surface area contributed by atoms with Gasteiger partial charge in [0, 0.05) is 7.05 Å². The molecule has 1 aromatic rings. The van der Waals surface area contributed by atoms with E-state index < -0.39 is 0 Å². The van der Waals surface area contributed by atoms with Gasteiger partial charge < -0.3 is 5.32 Å². The molecule has 2 heterocycles. The van der Waals surface area contributed by atoms with Crippen molar-refractivity contribution < 1.29 is 0 Å². The average Bonchev–Trinajstić information content (AvgIpc) is 2.47. The van der Waals surface area contributed by atoms with E-state index in [4.69, 9.17) is 11.6 Å². The van der Waals surface area contributed by atoms with E-state index in [1.54, 1.807) is 4.68 Å². The fourth-order valence-corrected chi connectivity index (χ4v) is 2.15. The molecule has 0 saturated carbocycles. The third-order valence-electron chi connectivity index (χ3n) is 2.83. The van der Waals surface area contributed by atoms with Crippen molar-refractivity contribution in [1.82, 2.24) is 15.1 Å². The number of aryl methyl sites for hydroxylation is 1. The quantitative estimate of drug-likeness (QED) is 0.809. The Morgan fingerprint density at radius 3 is 2.86 bits per heavy atom. The summed E-state index contributed by atoms with van der Waals surface area (Å²) in [5.74, 6) is 0.780. The zero-order valence-corrected chi connectivity index (χ0v) is 9.22. The summed E-state index contributed by atoms with van der Waals surface area (Å²) >= 11 is 5.94. The molecular formula is C10H16ClN3. The summed E-state index contributed by atoms with van der Waals surface area (Å²) in [6, 6.07) is 1.98. The molecule has 1 N–H and O–H groups in total. The number of nitrogens with one attached hydrogen (secondary N) is 1. The molecule has 0 radical (unpaired) electrons. The van der Waals surface area contributed by atoms with Gasteiger partial charge in [0.2, 0.25) is 0 Å². The summed E-state index contributed by atoms with van der Waals surface area (Å²) in [7, 11) is 1.88. The number of aromatic nitrogens is 2. The van der Waals surface area contributed by atoms with E-state index in [9.17, 15) is 0 Å². The predicted molar refractivity (Wildman–Crippen MR) is 57.5 cm³/mol. The number of nitrogens with zero attached hydrogens (tertiary/aromatic N) is 2. The van der Waals surface area contributed by atoms with Crippen LogP contribution in [0.15, 0.2) is 6.07 Å². The van der Waals surface area contributed by atoms with E-state index in [2.05, 4.69) is 10.4 Å². The van der Waals surface area contributed by atoms with Gasteiger partial charge in [-0.05, 0) is 44.3 Å². The highest BCUT2D eigenvalue weighted by molar-refractivity contribution is 6.29. The topological polar surface area (TPSA) is 29.9 Å². The predicted octanol–water partition coefficient (Wildman–Crippen LogP) is 1.62. The lowest BCUT2D eigenvalue weighted by molar-refractivity contribution is 0.369. The molecule has 3 nitrogen and oxygen atoms in total. The molecule has 1 aliphatic heterocycles. The van der Waals surface area contributed by atoms with E-state index in [0.29, 0.717) is 0 Å². The van der Waals surface area contributed by atoms with Crippen molar-refractivity contribution >= 4 is 11.6 Å². The molecule has 78 valence electrons. The second-order valence-electron chi connectivity index (χ2n) is 3.98. The van der Waals surface area contributed by atoms with Gasteiger partial charge in [-0.15, -0.1) is 0 Å². The fourth-order valence-electron chi connectivity index (χ4n) is 1.98. The van der Waals surface area contributed by atoms with Crippen molar-refractivity contribution in [2.24, 2.45) is 13.0 Å². The molecule has 0 aliphatic carbocycles. The summed E-state index contributed by atoms with van der Waals surface area (Å²) in [5, 5.41) is 8.46. The van der Waals surface area contributed by atoms with Crippen molar-refractivity contribution in [1.29, 1.82) is 0 Å². The van der Waals surface area contributed by atoms with Gasteiger partial charge >= 0.3 is 0 Å². The van der Waals surface area contributed by atoms with Crippen LogP contribution < -0.4 is 5.32 Å². The largest absolute Gasteiger partial charge is 0.317 e. The number of rotatable bonds is 2. The SMILES string of the molecule is Cn1nc(CC2CCNCC2)cc1Cl. The van der Waals surface area contributed by atoms with Crippen molar-refractivity contribution in [2.45, 2.75) is 19.3 Å². The second kappa shape index (κ2) is 4.32. The van der Waals surface area contributed by atoms with Gasteiger partial charge in [-0.1, -0.05) is 11.6 Å². The Hall–Kier alpha value is -0.540. The summed E-state index contributed by atoms with van der Waals surface area (Å²) in [6.07, 6.45) is 3.59. The summed E-state index contributed by atoms with van der Waals surface area (Å²) in [6.45, 7) is 2.29. The van der Waals surface area contributed by atoms with Gasteiger partial charge in [-0.3, -0.25) is 4.68 Å². The lowest BCUT2D eigenvalue weighted by atomic mass is 9.93. The number of hydrogen-bond acceptors (Lipinski definition) is 2. The molecule has 0 bridgehead atoms. The van der Waals surface area contributed by atoms with Gasteiger partial charge in [0.05, 0.1) is 5.69 Å². The summed E-state index contributed by atoms with van der Waals surface area (Å²) < 4.78 is 1.73. The van der Waals surface area contributed by atoms with E-state index in [0.717, 1.165) is 36.3 Å². The second-order valence-corrected chi connectivity index (χ2v) is 4.37. The third kappa shape index (κ3) is 2.28. The molecule has 1 fully saturated rings. The first-order chi connectivity index (χ1) is 6.75. The van der Waals surface area contributed by atoms with Gasteiger partial charge in [0.25, 0.3) is 0 Å². The van der Waals surface area contributed by atoms with E-state index in [-0.39, 0.29) is 0 Å². The maximum Gasteiger partial charge on any atom is 0.126 e. The minimum atomic E-state index is 0.730.